The zero-order chi connectivity index (χ0) is 17.5. The number of nitrogens with zero attached hydrogens (tertiary/aromatic N) is 2. The van der Waals surface area contributed by atoms with E-state index in [-0.39, 0.29) is 17.9 Å². The van der Waals surface area contributed by atoms with E-state index in [0.29, 0.717) is 56.3 Å². The molecule has 1 heterocycles. The highest BCUT2D eigenvalue weighted by atomic mass is 35.5. The average Bonchev–Trinajstić information content (AvgIpc) is 2.55. The van der Waals surface area contributed by atoms with E-state index in [4.69, 9.17) is 17.3 Å². The minimum absolute atomic E-state index is 0.0451. The number of nitrogens with one attached hydrogen (secondary N) is 1. The number of anilines is 1. The summed E-state index contributed by atoms with van der Waals surface area (Å²) in [5.74, 6) is 0.0484. The second-order valence-electron chi connectivity index (χ2n) is 6.20. The van der Waals surface area contributed by atoms with Gasteiger partial charge >= 0.3 is 0 Å². The van der Waals surface area contributed by atoms with Gasteiger partial charge in [0.2, 0.25) is 11.8 Å². The number of amides is 2. The number of hydrogen-bond acceptors (Lipinski definition) is 4. The molecule has 1 aliphatic rings. The molecule has 1 aromatic carbocycles. The van der Waals surface area contributed by atoms with Crippen molar-refractivity contribution in [3.63, 3.8) is 0 Å². The minimum Gasteiger partial charge on any atom is -0.340 e. The first-order valence-electron chi connectivity index (χ1n) is 8.26. The lowest BCUT2D eigenvalue weighted by atomic mass is 10.1. The van der Waals surface area contributed by atoms with E-state index in [9.17, 15) is 9.59 Å². The maximum Gasteiger partial charge on any atom is 0.238 e. The number of nitrogens with two attached hydrogens (primary N) is 1. The van der Waals surface area contributed by atoms with Crippen LogP contribution in [0.25, 0.3) is 0 Å². The average molecular weight is 353 g/mol. The monoisotopic (exact) mass is 352 g/mol. The lowest BCUT2D eigenvalue weighted by Gasteiger charge is -2.34. The number of carbonyl (C=O) groups is 2. The lowest BCUT2D eigenvalue weighted by Crippen LogP contribution is -2.50. The van der Waals surface area contributed by atoms with E-state index in [1.54, 1.807) is 12.1 Å². The topological polar surface area (TPSA) is 78.7 Å². The van der Waals surface area contributed by atoms with Crippen molar-refractivity contribution in [1.29, 1.82) is 0 Å². The molecule has 1 atom stereocenters. The Morgan fingerprint density at radius 3 is 2.54 bits per heavy atom. The number of para-hydroxylation sites is 1. The maximum atomic E-state index is 12.1. The Balaban J connectivity index is 1.73. The van der Waals surface area contributed by atoms with Crippen LogP contribution in [0.2, 0.25) is 5.02 Å². The van der Waals surface area contributed by atoms with Crippen molar-refractivity contribution in [2.45, 2.75) is 25.8 Å². The third-order valence-electron chi connectivity index (χ3n) is 4.05. The normalized spacial score (nSPS) is 16.7. The highest BCUT2D eigenvalue weighted by Gasteiger charge is 2.22. The van der Waals surface area contributed by atoms with Gasteiger partial charge in [-0.3, -0.25) is 14.5 Å². The summed E-state index contributed by atoms with van der Waals surface area (Å²) in [6.45, 7) is 4.89. The van der Waals surface area contributed by atoms with Crippen LogP contribution in [-0.4, -0.2) is 60.4 Å². The van der Waals surface area contributed by atoms with Gasteiger partial charge in [-0.2, -0.15) is 0 Å². The van der Waals surface area contributed by atoms with E-state index < -0.39 is 0 Å². The first-order chi connectivity index (χ1) is 11.5. The van der Waals surface area contributed by atoms with E-state index in [2.05, 4.69) is 5.32 Å². The predicted molar refractivity (Wildman–Crippen MR) is 96.0 cm³/mol. The molecular weight excluding hydrogens is 328 g/mol. The number of halogens is 1. The number of carbonyl (C=O) groups excluding carboxylic acids is 2. The Labute approximate surface area is 147 Å². The molecule has 0 aromatic heterocycles. The zero-order valence-electron chi connectivity index (χ0n) is 14.0. The molecule has 1 unspecified atom stereocenters. The van der Waals surface area contributed by atoms with Gasteiger partial charge in [0.15, 0.2) is 0 Å². The van der Waals surface area contributed by atoms with E-state index >= 15 is 0 Å². The van der Waals surface area contributed by atoms with E-state index in [1.165, 1.54) is 0 Å². The molecule has 2 amide bonds. The molecule has 132 valence electrons. The van der Waals surface area contributed by atoms with Gasteiger partial charge in [-0.15, -0.1) is 0 Å². The van der Waals surface area contributed by atoms with Crippen molar-refractivity contribution in [3.05, 3.63) is 29.3 Å². The fraction of sp³-hybridized carbons (Fsp3) is 0.529. The second-order valence-corrected chi connectivity index (χ2v) is 6.61. The number of rotatable bonds is 6. The zero-order valence-corrected chi connectivity index (χ0v) is 14.8. The first-order valence-corrected chi connectivity index (χ1v) is 8.63. The summed E-state index contributed by atoms with van der Waals surface area (Å²) >= 11 is 6.04. The summed E-state index contributed by atoms with van der Waals surface area (Å²) in [6, 6.07) is 7.20. The van der Waals surface area contributed by atoms with Gasteiger partial charge in [-0.05, 0) is 25.5 Å². The molecule has 6 nitrogen and oxygen atoms in total. The second kappa shape index (κ2) is 9.01. The smallest absolute Gasteiger partial charge is 0.238 e. The molecule has 1 fully saturated rings. The van der Waals surface area contributed by atoms with Crippen molar-refractivity contribution in [2.24, 2.45) is 5.73 Å². The summed E-state index contributed by atoms with van der Waals surface area (Å²) in [5, 5.41) is 3.34. The van der Waals surface area contributed by atoms with Crippen LogP contribution in [-0.2, 0) is 9.59 Å². The van der Waals surface area contributed by atoms with Crippen molar-refractivity contribution < 1.29 is 9.59 Å². The molecule has 7 heteroatoms. The lowest BCUT2D eigenvalue weighted by molar-refractivity contribution is -0.133. The summed E-state index contributed by atoms with van der Waals surface area (Å²) in [6.07, 6.45) is 1.20. The van der Waals surface area contributed by atoms with Crippen LogP contribution in [0.3, 0.4) is 0 Å². The molecule has 1 saturated heterocycles. The van der Waals surface area contributed by atoms with Gasteiger partial charge in [-0.25, -0.2) is 0 Å². The predicted octanol–water partition coefficient (Wildman–Crippen LogP) is 1.55. The van der Waals surface area contributed by atoms with Gasteiger partial charge in [0, 0.05) is 38.6 Å². The van der Waals surface area contributed by atoms with Crippen LogP contribution >= 0.6 is 11.6 Å². The minimum atomic E-state index is -0.0974. The highest BCUT2D eigenvalue weighted by molar-refractivity contribution is 6.33. The molecule has 0 aliphatic carbocycles. The molecule has 0 radical (unpaired) electrons. The summed E-state index contributed by atoms with van der Waals surface area (Å²) in [5.41, 5.74) is 6.31. The summed E-state index contributed by atoms with van der Waals surface area (Å²) in [4.78, 5) is 28.1. The Morgan fingerprint density at radius 1 is 1.25 bits per heavy atom. The molecule has 3 N–H and O–H groups in total. The van der Waals surface area contributed by atoms with Crippen LogP contribution in [0.4, 0.5) is 5.69 Å². The Kier molecular flexibility index (Phi) is 7.02. The third kappa shape index (κ3) is 5.78. The van der Waals surface area contributed by atoms with Crippen LogP contribution < -0.4 is 11.1 Å². The van der Waals surface area contributed by atoms with Crippen molar-refractivity contribution in [3.8, 4) is 0 Å². The SMILES string of the molecule is CC(N)CCC(=O)N1CCN(CC(=O)Nc2ccccc2Cl)CC1. The van der Waals surface area contributed by atoms with Crippen molar-refractivity contribution >= 4 is 29.1 Å². The molecule has 0 saturated carbocycles. The summed E-state index contributed by atoms with van der Waals surface area (Å²) < 4.78 is 0. The van der Waals surface area contributed by atoms with Crippen LogP contribution in [0.5, 0.6) is 0 Å². The fourth-order valence-electron chi connectivity index (χ4n) is 2.62. The van der Waals surface area contributed by atoms with Crippen LogP contribution in [0.15, 0.2) is 24.3 Å². The van der Waals surface area contributed by atoms with Gasteiger partial charge in [0.05, 0.1) is 17.3 Å². The fourth-order valence-corrected chi connectivity index (χ4v) is 2.80. The van der Waals surface area contributed by atoms with Gasteiger partial charge in [0.25, 0.3) is 0 Å². The van der Waals surface area contributed by atoms with Crippen LogP contribution in [0.1, 0.15) is 19.8 Å². The molecule has 0 spiro atoms. The molecular formula is C17H25ClN4O2. The van der Waals surface area contributed by atoms with Crippen LogP contribution in [0, 0.1) is 0 Å². The summed E-state index contributed by atoms with van der Waals surface area (Å²) in [7, 11) is 0. The number of benzene rings is 1. The van der Waals surface area contributed by atoms with Gasteiger partial charge < -0.3 is 16.0 Å². The van der Waals surface area contributed by atoms with E-state index in [0.717, 1.165) is 0 Å². The van der Waals surface area contributed by atoms with Crippen molar-refractivity contribution in [2.75, 3.05) is 38.0 Å². The van der Waals surface area contributed by atoms with Crippen molar-refractivity contribution in [1.82, 2.24) is 9.80 Å². The number of piperazine rings is 1. The Hall–Kier alpha value is -1.63. The molecule has 0 bridgehead atoms. The van der Waals surface area contributed by atoms with E-state index in [1.807, 2.05) is 28.9 Å². The highest BCUT2D eigenvalue weighted by Crippen LogP contribution is 2.20. The first kappa shape index (κ1) is 18.7. The van der Waals surface area contributed by atoms with Gasteiger partial charge in [0.1, 0.15) is 0 Å². The molecule has 1 aliphatic heterocycles. The molecule has 2 rings (SSSR count). The maximum absolute atomic E-state index is 12.1. The Morgan fingerprint density at radius 2 is 1.92 bits per heavy atom. The Bertz CT molecular complexity index is 571. The molecule has 1 aromatic rings. The standard InChI is InChI=1S/C17H25ClN4O2/c1-13(19)6-7-17(24)22-10-8-21(9-11-22)12-16(23)20-15-5-3-2-4-14(15)18/h2-5,13H,6-12,19H2,1H3,(H,20,23). The number of hydrogen-bond donors (Lipinski definition) is 2. The molecule has 24 heavy (non-hydrogen) atoms. The largest absolute Gasteiger partial charge is 0.340 e. The quantitative estimate of drug-likeness (QED) is 0.814. The van der Waals surface area contributed by atoms with Gasteiger partial charge in [-0.1, -0.05) is 23.7 Å². The third-order valence-corrected chi connectivity index (χ3v) is 4.38.